The van der Waals surface area contributed by atoms with Crippen LogP contribution in [0.3, 0.4) is 0 Å². The molecule has 0 heterocycles. The molecule has 0 N–H and O–H groups in total. The van der Waals surface area contributed by atoms with Crippen LogP contribution in [-0.2, 0) is 19.2 Å². The van der Waals surface area contributed by atoms with Crippen molar-refractivity contribution in [2.45, 2.75) is 23.3 Å². The second-order valence-corrected chi connectivity index (χ2v) is 3.95. The summed E-state index contributed by atoms with van der Waals surface area (Å²) in [6, 6.07) is 0. The summed E-state index contributed by atoms with van der Waals surface area (Å²) in [7, 11) is 0. The van der Waals surface area contributed by atoms with Crippen molar-refractivity contribution in [3.8, 4) is 0 Å². The molecule has 0 fully saturated rings. The maximum absolute atomic E-state index is 2.27. The fraction of sp³-hybridized carbons (Fsp3) is 1.00. The molecule has 0 spiro atoms. The summed E-state index contributed by atoms with van der Waals surface area (Å²) in [4.78, 5) is 0. The van der Waals surface area contributed by atoms with Crippen molar-refractivity contribution in [3.05, 3.63) is 0 Å². The fourth-order valence-corrected chi connectivity index (χ4v) is 1.03. The van der Waals surface area contributed by atoms with Crippen molar-refractivity contribution in [2.75, 3.05) is 0 Å². The molecule has 46 valence electrons. The van der Waals surface area contributed by atoms with Gasteiger partial charge in [-0.2, -0.15) is 0 Å². The average molecular weight is 268 g/mol. The van der Waals surface area contributed by atoms with Gasteiger partial charge in [-0.25, -0.2) is 0 Å². The van der Waals surface area contributed by atoms with Crippen LogP contribution >= 0.6 is 34.0 Å². The van der Waals surface area contributed by atoms with Gasteiger partial charge in [0.15, 0.2) is 0 Å². The minimum atomic E-state index is 0. The third-order valence-electron chi connectivity index (χ3n) is 0.500. The Kier molecular flexibility index (Phi) is 35.5. The van der Waals surface area contributed by atoms with E-state index in [0.717, 1.165) is 0 Å². The van der Waals surface area contributed by atoms with Gasteiger partial charge in [-0.3, -0.25) is 0 Å². The first-order chi connectivity index (χ1) is 2.41. The van der Waals surface area contributed by atoms with Gasteiger partial charge < -0.3 is 0 Å². The van der Waals surface area contributed by atoms with Gasteiger partial charge >= 0.3 is 42.5 Å². The summed E-state index contributed by atoms with van der Waals surface area (Å²) in [6.45, 7) is 4.53. The molecule has 0 aromatic heterocycles. The minimum absolute atomic E-state index is 0. The number of halogens is 2. The molecule has 3 heteroatoms. The molecule has 0 saturated carbocycles. The molecule has 0 unspecified atom stereocenters. The van der Waals surface area contributed by atoms with Crippen molar-refractivity contribution in [3.63, 3.8) is 0 Å². The van der Waals surface area contributed by atoms with E-state index in [2.05, 4.69) is 13.8 Å². The van der Waals surface area contributed by atoms with E-state index in [1.807, 2.05) is 0 Å². The standard InChI is InChI=1S/2C2H5.2BrH.Ti/c2*1-2;;;/h2*1H2,2H3;2*1H;. The maximum atomic E-state index is 2.27. The third kappa shape index (κ3) is 18.3. The summed E-state index contributed by atoms with van der Waals surface area (Å²) in [5.74, 6) is 0. The summed E-state index contributed by atoms with van der Waals surface area (Å²) in [5, 5.41) is 0. The Morgan fingerprint density at radius 1 is 1.00 bits per heavy atom. The number of hydrogen-bond acceptors (Lipinski definition) is 0. The molecule has 0 saturated heterocycles. The van der Waals surface area contributed by atoms with Gasteiger partial charge in [0.2, 0.25) is 0 Å². The molecule has 0 amide bonds. The van der Waals surface area contributed by atoms with E-state index in [1.54, 1.807) is 0 Å². The summed E-state index contributed by atoms with van der Waals surface area (Å²) in [6.07, 6.45) is 0. The first kappa shape index (κ1) is 15.9. The van der Waals surface area contributed by atoms with Gasteiger partial charge in [-0.15, -0.1) is 34.0 Å². The molecule has 0 aliphatic rings. The Bertz CT molecular complexity index is 17.2. The number of hydrogen-bond donors (Lipinski definition) is 0. The van der Waals surface area contributed by atoms with Crippen molar-refractivity contribution < 1.29 is 19.2 Å². The molecule has 0 bridgehead atoms. The van der Waals surface area contributed by atoms with Gasteiger partial charge in [0.05, 0.1) is 0 Å². The van der Waals surface area contributed by atoms with Crippen molar-refractivity contribution in [1.29, 1.82) is 0 Å². The van der Waals surface area contributed by atoms with Gasteiger partial charge in [-0.05, 0) is 0 Å². The summed E-state index contributed by atoms with van der Waals surface area (Å²) < 4.78 is 2.94. The molecule has 0 aromatic carbocycles. The van der Waals surface area contributed by atoms with Gasteiger partial charge in [0.1, 0.15) is 0 Å². The monoisotopic (exact) mass is 266 g/mol. The van der Waals surface area contributed by atoms with E-state index >= 15 is 0 Å². The molecular weight excluding hydrogens is 256 g/mol. The van der Waals surface area contributed by atoms with Crippen LogP contribution in [0.2, 0.25) is 9.45 Å². The van der Waals surface area contributed by atoms with E-state index in [0.29, 0.717) is 19.2 Å². The molecular formula is C4H12Br2Ti. The van der Waals surface area contributed by atoms with Gasteiger partial charge in [0.25, 0.3) is 0 Å². The van der Waals surface area contributed by atoms with Gasteiger partial charge in [-0.1, -0.05) is 0 Å². The summed E-state index contributed by atoms with van der Waals surface area (Å²) >= 11 is 0.528. The van der Waals surface area contributed by atoms with Crippen LogP contribution in [0.25, 0.3) is 0 Å². The zero-order chi connectivity index (χ0) is 4.12. The van der Waals surface area contributed by atoms with Crippen LogP contribution in [0.1, 0.15) is 13.8 Å². The van der Waals surface area contributed by atoms with E-state index in [-0.39, 0.29) is 34.0 Å². The van der Waals surface area contributed by atoms with E-state index in [4.69, 9.17) is 0 Å². The normalized spacial score (nSPS) is 5.43. The molecule has 0 aliphatic heterocycles. The van der Waals surface area contributed by atoms with Crippen LogP contribution < -0.4 is 0 Å². The zero-order valence-corrected chi connectivity index (χ0v) is 9.72. The molecule has 0 rings (SSSR count). The van der Waals surface area contributed by atoms with E-state index < -0.39 is 0 Å². The second kappa shape index (κ2) is 15.6. The molecule has 0 aromatic rings. The Balaban J connectivity index is -0.0000000800. The molecule has 0 atom stereocenters. The van der Waals surface area contributed by atoms with E-state index in [9.17, 15) is 0 Å². The topological polar surface area (TPSA) is 0 Å². The fourth-order valence-electron chi connectivity index (χ4n) is 0.250. The summed E-state index contributed by atoms with van der Waals surface area (Å²) in [5.41, 5.74) is 0. The van der Waals surface area contributed by atoms with Crippen molar-refractivity contribution in [1.82, 2.24) is 0 Å². The first-order valence-electron chi connectivity index (χ1n) is 2.12. The van der Waals surface area contributed by atoms with Crippen LogP contribution in [0, 0.1) is 0 Å². The Morgan fingerprint density at radius 2 is 1.29 bits per heavy atom. The second-order valence-electron chi connectivity index (χ2n) is 0.957. The van der Waals surface area contributed by atoms with Gasteiger partial charge in [0, 0.05) is 0 Å². The predicted molar refractivity (Wildman–Crippen MR) is 41.6 cm³/mol. The molecule has 0 radical (unpaired) electrons. The van der Waals surface area contributed by atoms with Crippen molar-refractivity contribution in [2.24, 2.45) is 0 Å². The van der Waals surface area contributed by atoms with Crippen LogP contribution in [0.15, 0.2) is 0 Å². The van der Waals surface area contributed by atoms with E-state index in [1.165, 1.54) is 9.45 Å². The Morgan fingerprint density at radius 3 is 1.29 bits per heavy atom. The molecule has 0 nitrogen and oxygen atoms in total. The van der Waals surface area contributed by atoms with Crippen molar-refractivity contribution >= 4 is 34.0 Å². The Labute approximate surface area is 75.9 Å². The average Bonchev–Trinajstić information content (AvgIpc) is 1.41. The zero-order valence-electron chi connectivity index (χ0n) is 4.73. The van der Waals surface area contributed by atoms with Crippen LogP contribution in [-0.4, -0.2) is 0 Å². The number of rotatable bonds is 2. The SMILES string of the molecule is Br.Br.C[CH2][Ti][CH2]C. The quantitative estimate of drug-likeness (QED) is 0.675. The molecule has 7 heavy (non-hydrogen) atoms. The molecule has 0 aliphatic carbocycles. The third-order valence-corrected chi connectivity index (χ3v) is 2.06. The first-order valence-corrected chi connectivity index (χ1v) is 4.33. The predicted octanol–water partition coefficient (Wildman–Crippen LogP) is 3.10. The Hall–Kier alpha value is 1.67. The van der Waals surface area contributed by atoms with Crippen LogP contribution in [0.4, 0.5) is 0 Å². The van der Waals surface area contributed by atoms with Crippen LogP contribution in [0.5, 0.6) is 0 Å².